The van der Waals surface area contributed by atoms with Crippen molar-refractivity contribution in [3.8, 4) is 0 Å². The molecule has 2 aromatic rings. The molecule has 2 rings (SSSR count). The van der Waals surface area contributed by atoms with Crippen LogP contribution in [0.4, 0.5) is 26.3 Å². The molecule has 2 atom stereocenters. The fraction of sp³-hybridized carbons (Fsp3) is 0.333. The van der Waals surface area contributed by atoms with Crippen LogP contribution in [0.3, 0.4) is 0 Å². The quantitative estimate of drug-likeness (QED) is 0.327. The van der Waals surface area contributed by atoms with E-state index in [0.29, 0.717) is 17.5 Å². The van der Waals surface area contributed by atoms with Crippen molar-refractivity contribution >= 4 is 45.4 Å². The highest BCUT2D eigenvalue weighted by molar-refractivity contribution is 9.10. The van der Waals surface area contributed by atoms with E-state index in [0.717, 1.165) is 6.08 Å². The van der Waals surface area contributed by atoms with E-state index < -0.39 is 42.7 Å². The van der Waals surface area contributed by atoms with E-state index in [-0.39, 0.29) is 20.6 Å². The first kappa shape index (κ1) is 29.7. The lowest BCUT2D eigenvalue weighted by atomic mass is 9.94. The summed E-state index contributed by atoms with van der Waals surface area (Å²) in [5.74, 6) is -3.70. The smallest absolute Gasteiger partial charge is 0.345 e. The SMILES string of the molecule is CCc1cc(Cl)cc(C(/C=C/c2ccc(C(=O)NC(C)C(=O)NCC(F)(F)F)c(Br)c2)C(F)(F)F)c1. The number of aryl methyl sites for hydroxylation is 1. The molecule has 196 valence electrons. The van der Waals surface area contributed by atoms with E-state index >= 15 is 0 Å². The van der Waals surface area contributed by atoms with E-state index in [2.05, 4.69) is 21.2 Å². The van der Waals surface area contributed by atoms with Crippen LogP contribution in [-0.4, -0.2) is 36.8 Å². The van der Waals surface area contributed by atoms with Gasteiger partial charge in [0, 0.05) is 9.50 Å². The highest BCUT2D eigenvalue weighted by atomic mass is 79.9. The van der Waals surface area contributed by atoms with Crippen LogP contribution in [0.1, 0.15) is 46.8 Å². The third-order valence-electron chi connectivity index (χ3n) is 5.02. The van der Waals surface area contributed by atoms with Crippen molar-refractivity contribution in [2.24, 2.45) is 0 Å². The molecule has 0 radical (unpaired) electrons. The molecule has 2 unspecified atom stereocenters. The number of allylic oxidation sites excluding steroid dienone is 1. The Morgan fingerprint density at radius 2 is 1.75 bits per heavy atom. The van der Waals surface area contributed by atoms with Gasteiger partial charge in [0.05, 0.1) is 11.5 Å². The van der Waals surface area contributed by atoms with Gasteiger partial charge in [-0.25, -0.2) is 0 Å². The van der Waals surface area contributed by atoms with Crippen LogP contribution in [0, 0.1) is 0 Å². The van der Waals surface area contributed by atoms with Crippen LogP contribution in [0.25, 0.3) is 6.08 Å². The average Bonchev–Trinajstić information content (AvgIpc) is 2.75. The standard InChI is InChI=1S/C24H22BrClF6N2O2/c1-3-14-8-16(11-17(26)9-14)19(24(30,31)32)7-5-15-4-6-18(20(25)10-15)22(36)34-13(2)21(35)33-12-23(27,28)29/h4-11,13,19H,3,12H2,1-2H3,(H,33,35)(H,34,36)/b7-5+. The van der Waals surface area contributed by atoms with E-state index in [4.69, 9.17) is 11.6 Å². The van der Waals surface area contributed by atoms with Crippen molar-refractivity contribution in [3.63, 3.8) is 0 Å². The molecule has 36 heavy (non-hydrogen) atoms. The molecule has 0 fully saturated rings. The lowest BCUT2D eigenvalue weighted by molar-refractivity contribution is -0.139. The first-order valence-corrected chi connectivity index (χ1v) is 11.8. The first-order chi connectivity index (χ1) is 16.6. The second-order valence-corrected chi connectivity index (χ2v) is 9.18. The number of rotatable bonds is 8. The van der Waals surface area contributed by atoms with Crippen LogP contribution in [0.2, 0.25) is 5.02 Å². The van der Waals surface area contributed by atoms with Crippen molar-refractivity contribution in [3.05, 3.63) is 74.2 Å². The summed E-state index contributed by atoms with van der Waals surface area (Å²) in [5, 5.41) is 4.14. The molecule has 0 saturated carbocycles. The summed E-state index contributed by atoms with van der Waals surface area (Å²) in [6.45, 7) is 1.48. The zero-order valence-electron chi connectivity index (χ0n) is 19.0. The largest absolute Gasteiger partial charge is 0.405 e. The van der Waals surface area contributed by atoms with Gasteiger partial charge in [0.25, 0.3) is 5.91 Å². The van der Waals surface area contributed by atoms with Crippen LogP contribution in [0.5, 0.6) is 0 Å². The Bertz CT molecular complexity index is 1130. The Labute approximate surface area is 217 Å². The van der Waals surface area contributed by atoms with Crippen LogP contribution in [0.15, 0.2) is 46.9 Å². The maximum atomic E-state index is 13.8. The van der Waals surface area contributed by atoms with Crippen molar-refractivity contribution in [2.75, 3.05) is 6.54 Å². The van der Waals surface area contributed by atoms with Gasteiger partial charge in [0.2, 0.25) is 5.91 Å². The van der Waals surface area contributed by atoms with Gasteiger partial charge in [0.15, 0.2) is 0 Å². The number of nitrogens with one attached hydrogen (secondary N) is 2. The molecule has 12 heteroatoms. The van der Waals surface area contributed by atoms with Gasteiger partial charge in [-0.1, -0.05) is 42.8 Å². The second kappa shape index (κ2) is 12.1. The number of amides is 2. The third kappa shape index (κ3) is 8.85. The average molecular weight is 600 g/mol. The van der Waals surface area contributed by atoms with Crippen molar-refractivity contribution in [1.82, 2.24) is 10.6 Å². The Morgan fingerprint density at radius 1 is 1.08 bits per heavy atom. The summed E-state index contributed by atoms with van der Waals surface area (Å²) >= 11 is 9.16. The third-order valence-corrected chi connectivity index (χ3v) is 5.90. The number of hydrogen-bond acceptors (Lipinski definition) is 2. The number of benzene rings is 2. The molecule has 0 heterocycles. The Kier molecular flexibility index (Phi) is 10.0. The summed E-state index contributed by atoms with van der Waals surface area (Å²) in [6.07, 6.45) is -6.42. The van der Waals surface area contributed by atoms with Crippen LogP contribution < -0.4 is 10.6 Å². The van der Waals surface area contributed by atoms with Gasteiger partial charge in [0.1, 0.15) is 12.6 Å². The highest BCUT2D eigenvalue weighted by Gasteiger charge is 2.39. The lowest BCUT2D eigenvalue weighted by Crippen LogP contribution is -2.47. The van der Waals surface area contributed by atoms with Gasteiger partial charge in [-0.2, -0.15) is 26.3 Å². The molecule has 2 N–H and O–H groups in total. The summed E-state index contributed by atoms with van der Waals surface area (Å²) in [5.41, 5.74) is 1.05. The van der Waals surface area contributed by atoms with Crippen molar-refractivity contribution in [2.45, 2.75) is 44.6 Å². The van der Waals surface area contributed by atoms with Crippen LogP contribution >= 0.6 is 27.5 Å². The molecule has 4 nitrogen and oxygen atoms in total. The Balaban J connectivity index is 2.18. The van der Waals surface area contributed by atoms with Gasteiger partial charge in [-0.05, 0) is 70.2 Å². The predicted octanol–water partition coefficient (Wildman–Crippen LogP) is 6.82. The molecule has 0 saturated heterocycles. The normalized spacial score (nSPS) is 13.9. The summed E-state index contributed by atoms with van der Waals surface area (Å²) < 4.78 is 78.3. The van der Waals surface area contributed by atoms with E-state index in [1.807, 2.05) is 0 Å². The van der Waals surface area contributed by atoms with Gasteiger partial charge >= 0.3 is 12.4 Å². The molecule has 2 amide bonds. The topological polar surface area (TPSA) is 58.2 Å². The minimum absolute atomic E-state index is 0.00375. The van der Waals surface area contributed by atoms with E-state index in [9.17, 15) is 35.9 Å². The molecular weight excluding hydrogens is 578 g/mol. The summed E-state index contributed by atoms with van der Waals surface area (Å²) in [4.78, 5) is 24.2. The maximum Gasteiger partial charge on any atom is 0.405 e. The fourth-order valence-electron chi connectivity index (χ4n) is 3.18. The van der Waals surface area contributed by atoms with Crippen LogP contribution in [-0.2, 0) is 11.2 Å². The number of halogens is 8. The number of hydrogen-bond donors (Lipinski definition) is 2. The van der Waals surface area contributed by atoms with Crippen molar-refractivity contribution in [1.29, 1.82) is 0 Å². The zero-order chi connectivity index (χ0) is 27.3. The number of alkyl halides is 6. The predicted molar refractivity (Wildman–Crippen MR) is 129 cm³/mol. The monoisotopic (exact) mass is 598 g/mol. The fourth-order valence-corrected chi connectivity index (χ4v) is 4.02. The van der Waals surface area contributed by atoms with E-state index in [1.54, 1.807) is 18.3 Å². The molecule has 2 aromatic carbocycles. The second-order valence-electron chi connectivity index (χ2n) is 7.89. The molecule has 0 aliphatic rings. The minimum Gasteiger partial charge on any atom is -0.345 e. The molecule has 0 aliphatic heterocycles. The summed E-state index contributed by atoms with van der Waals surface area (Å²) in [6, 6.07) is 7.17. The number of carbonyl (C=O) groups is 2. The highest BCUT2D eigenvalue weighted by Crippen LogP contribution is 2.38. The first-order valence-electron chi connectivity index (χ1n) is 10.6. The zero-order valence-corrected chi connectivity index (χ0v) is 21.4. The summed E-state index contributed by atoms with van der Waals surface area (Å²) in [7, 11) is 0. The minimum atomic E-state index is -4.60. The molecule has 0 aliphatic carbocycles. The molecule has 0 spiro atoms. The van der Waals surface area contributed by atoms with Gasteiger partial charge in [-0.15, -0.1) is 0 Å². The Hall–Kier alpha value is -2.53. The number of carbonyl (C=O) groups excluding carboxylic acids is 2. The van der Waals surface area contributed by atoms with Gasteiger partial charge in [-0.3, -0.25) is 9.59 Å². The molecular formula is C24H22BrClF6N2O2. The molecule has 0 bridgehead atoms. The lowest BCUT2D eigenvalue weighted by Gasteiger charge is -2.18. The maximum absolute atomic E-state index is 13.8. The molecule has 0 aromatic heterocycles. The van der Waals surface area contributed by atoms with E-state index in [1.165, 1.54) is 43.3 Å². The van der Waals surface area contributed by atoms with Gasteiger partial charge < -0.3 is 10.6 Å². The van der Waals surface area contributed by atoms with Crippen molar-refractivity contribution < 1.29 is 35.9 Å². The Morgan fingerprint density at radius 3 is 2.31 bits per heavy atom.